The Balaban J connectivity index is 1.58. The lowest BCUT2D eigenvalue weighted by molar-refractivity contribution is -0.438. The molecule has 0 bridgehead atoms. The fourth-order valence-electron chi connectivity index (χ4n) is 6.24. The highest BCUT2D eigenvalue weighted by atomic mass is 16.4. The number of anilines is 1. The zero-order valence-corrected chi connectivity index (χ0v) is 24.8. The predicted molar refractivity (Wildman–Crippen MR) is 164 cm³/mol. The van der Waals surface area contributed by atoms with Crippen molar-refractivity contribution in [3.8, 4) is 0 Å². The Bertz CT molecular complexity index is 1370. The lowest BCUT2D eigenvalue weighted by Gasteiger charge is -2.25. The Morgan fingerprint density at radius 3 is 2.28 bits per heavy atom. The van der Waals surface area contributed by atoms with Crippen LogP contribution in [0.15, 0.2) is 72.5 Å². The number of likely N-dealkylation sites (N-methyl/N-ethyl adjacent to an activating group) is 1. The van der Waals surface area contributed by atoms with Crippen molar-refractivity contribution in [2.75, 3.05) is 18.0 Å². The van der Waals surface area contributed by atoms with Crippen LogP contribution < -0.4 is 4.90 Å². The number of unbranched alkanes of at least 4 members (excludes halogenated alkanes) is 2. The van der Waals surface area contributed by atoms with E-state index >= 15 is 0 Å². The van der Waals surface area contributed by atoms with Crippen molar-refractivity contribution < 1.29 is 14.5 Å². The molecule has 0 saturated heterocycles. The topological polar surface area (TPSA) is 43.5 Å². The number of nitrogens with zero attached hydrogens (tertiary/aromatic N) is 2. The van der Waals surface area contributed by atoms with Gasteiger partial charge >= 0.3 is 5.97 Å². The van der Waals surface area contributed by atoms with Gasteiger partial charge in [-0.25, -0.2) is 0 Å². The molecule has 1 N–H and O–H groups in total. The van der Waals surface area contributed by atoms with E-state index in [-0.39, 0.29) is 17.3 Å². The molecule has 0 amide bonds. The number of hydrogen-bond acceptors (Lipinski definition) is 2. The highest BCUT2D eigenvalue weighted by molar-refractivity contribution is 6.03. The summed E-state index contributed by atoms with van der Waals surface area (Å²) in [4.78, 5) is 13.3. The Morgan fingerprint density at radius 2 is 1.59 bits per heavy atom. The number of hydrogen-bond donors (Lipinski definition) is 1. The van der Waals surface area contributed by atoms with Gasteiger partial charge in [-0.3, -0.25) is 4.79 Å². The largest absolute Gasteiger partial charge is 0.481 e. The van der Waals surface area contributed by atoms with Gasteiger partial charge in [0.05, 0.1) is 5.41 Å². The number of allylic oxidation sites excluding steroid dienone is 6. The molecule has 2 aromatic rings. The Hall–Kier alpha value is -3.40. The van der Waals surface area contributed by atoms with Gasteiger partial charge in [0, 0.05) is 53.9 Å². The molecule has 2 aromatic carbocycles. The lowest BCUT2D eigenvalue weighted by atomic mass is 9.81. The van der Waals surface area contributed by atoms with Crippen LogP contribution in [0.5, 0.6) is 0 Å². The monoisotopic (exact) mass is 525 g/mol. The first-order valence-electron chi connectivity index (χ1n) is 14.4. The molecule has 4 nitrogen and oxygen atoms in total. The summed E-state index contributed by atoms with van der Waals surface area (Å²) in [6.07, 6.45) is 13.9. The van der Waals surface area contributed by atoms with Crippen molar-refractivity contribution in [1.29, 1.82) is 0 Å². The average Bonchev–Trinajstić information content (AvgIpc) is 3.21. The van der Waals surface area contributed by atoms with Gasteiger partial charge in [0.15, 0.2) is 5.71 Å². The molecule has 0 radical (unpaired) electrons. The number of carbonyl (C=O) groups is 1. The Labute approximate surface area is 235 Å². The molecular weight excluding hydrogens is 480 g/mol. The maximum absolute atomic E-state index is 10.9. The molecular formula is C35H45N2O2+. The van der Waals surface area contributed by atoms with Crippen LogP contribution in [-0.2, 0) is 15.6 Å². The minimum Gasteiger partial charge on any atom is -0.481 e. The van der Waals surface area contributed by atoms with E-state index in [9.17, 15) is 4.79 Å². The summed E-state index contributed by atoms with van der Waals surface area (Å²) in [5, 5.41) is 8.98. The van der Waals surface area contributed by atoms with E-state index in [1.807, 2.05) is 0 Å². The van der Waals surface area contributed by atoms with Crippen molar-refractivity contribution in [1.82, 2.24) is 0 Å². The van der Waals surface area contributed by atoms with Crippen LogP contribution in [0.2, 0.25) is 0 Å². The number of carboxylic acids is 1. The standard InChI is InChI=1S/C35H44N2O2/c1-8-36-29-20-18-25(2)23-27(29)34(4,5)31(36)15-11-9-12-16-32-35(6,7)28-24-26(3)19-21-30(28)37(32)22-14-10-13-17-33(38)39/h9,11-12,15-16,18-21,23-24H,8,10,13-14,17,22H2,1-7H3/p+1. The molecule has 4 rings (SSSR count). The first-order chi connectivity index (χ1) is 18.5. The summed E-state index contributed by atoms with van der Waals surface area (Å²) in [7, 11) is 0. The third kappa shape index (κ3) is 5.66. The summed E-state index contributed by atoms with van der Waals surface area (Å²) >= 11 is 0. The number of rotatable bonds is 10. The normalized spacial score (nSPS) is 18.5. The van der Waals surface area contributed by atoms with Crippen LogP contribution in [-0.4, -0.2) is 34.5 Å². The zero-order valence-electron chi connectivity index (χ0n) is 24.8. The van der Waals surface area contributed by atoms with Crippen molar-refractivity contribution in [3.05, 3.63) is 94.7 Å². The Morgan fingerprint density at radius 1 is 0.897 bits per heavy atom. The number of benzene rings is 2. The minimum atomic E-state index is -0.711. The van der Waals surface area contributed by atoms with Gasteiger partial charge in [0.25, 0.3) is 0 Å². The van der Waals surface area contributed by atoms with E-state index in [1.54, 1.807) is 0 Å². The smallest absolute Gasteiger partial charge is 0.303 e. The van der Waals surface area contributed by atoms with Crippen LogP contribution in [0.3, 0.4) is 0 Å². The SMILES string of the molecule is CCN1/C(=C/C=C/C=C/C2=[N+](CCCCCC(=O)O)c3ccc(C)cc3C2(C)C)C(C)(C)c2cc(C)ccc21. The first-order valence-corrected chi connectivity index (χ1v) is 14.4. The number of aliphatic carboxylic acids is 1. The van der Waals surface area contributed by atoms with Gasteiger partial charge in [-0.05, 0) is 71.2 Å². The molecule has 0 aliphatic carbocycles. The first kappa shape index (κ1) is 28.6. The third-order valence-corrected chi connectivity index (χ3v) is 8.41. The van der Waals surface area contributed by atoms with Gasteiger partial charge < -0.3 is 10.0 Å². The van der Waals surface area contributed by atoms with Gasteiger partial charge in [0.1, 0.15) is 6.54 Å². The van der Waals surface area contributed by atoms with Crippen molar-refractivity contribution in [3.63, 3.8) is 0 Å². The van der Waals surface area contributed by atoms with Crippen LogP contribution >= 0.6 is 0 Å². The predicted octanol–water partition coefficient (Wildman–Crippen LogP) is 8.14. The summed E-state index contributed by atoms with van der Waals surface area (Å²) in [5.41, 5.74) is 10.4. The molecule has 0 fully saturated rings. The maximum atomic E-state index is 10.9. The second kappa shape index (κ2) is 11.4. The molecule has 2 aliphatic rings. The van der Waals surface area contributed by atoms with Gasteiger partial charge in [0.2, 0.25) is 5.69 Å². The second-order valence-electron chi connectivity index (χ2n) is 12.1. The minimum absolute atomic E-state index is 0.0371. The van der Waals surface area contributed by atoms with Gasteiger partial charge in [-0.2, -0.15) is 4.58 Å². The van der Waals surface area contributed by atoms with Crippen LogP contribution in [0, 0.1) is 13.8 Å². The molecule has 4 heteroatoms. The number of carboxylic acid groups (broad SMARTS) is 1. The van der Waals surface area contributed by atoms with E-state index in [0.29, 0.717) is 0 Å². The summed E-state index contributed by atoms with van der Waals surface area (Å²) < 4.78 is 2.44. The fraction of sp³-hybridized carbons (Fsp3) is 0.429. The molecule has 0 unspecified atom stereocenters. The van der Waals surface area contributed by atoms with E-state index in [4.69, 9.17) is 5.11 Å². The van der Waals surface area contributed by atoms with Gasteiger partial charge in [-0.15, -0.1) is 0 Å². The molecule has 0 atom stereocenters. The van der Waals surface area contributed by atoms with Gasteiger partial charge in [-0.1, -0.05) is 61.4 Å². The van der Waals surface area contributed by atoms with E-state index in [2.05, 4.69) is 125 Å². The van der Waals surface area contributed by atoms with Crippen LogP contribution in [0.4, 0.5) is 11.4 Å². The summed E-state index contributed by atoms with van der Waals surface area (Å²) in [6, 6.07) is 13.5. The van der Waals surface area contributed by atoms with Crippen molar-refractivity contribution in [2.24, 2.45) is 0 Å². The molecule has 2 heterocycles. The van der Waals surface area contributed by atoms with E-state index in [0.717, 1.165) is 32.4 Å². The lowest BCUT2D eigenvalue weighted by Crippen LogP contribution is -2.28. The highest BCUT2D eigenvalue weighted by Gasteiger charge is 2.44. The summed E-state index contributed by atoms with van der Waals surface area (Å²) in [6.45, 7) is 17.6. The number of aryl methyl sites for hydroxylation is 2. The highest BCUT2D eigenvalue weighted by Crippen LogP contribution is 2.48. The molecule has 0 spiro atoms. The Kier molecular flexibility index (Phi) is 8.34. The van der Waals surface area contributed by atoms with E-state index in [1.165, 1.54) is 45.0 Å². The molecule has 0 saturated carbocycles. The van der Waals surface area contributed by atoms with E-state index < -0.39 is 5.97 Å². The summed E-state index contributed by atoms with van der Waals surface area (Å²) in [5.74, 6) is -0.711. The molecule has 0 aromatic heterocycles. The average molecular weight is 526 g/mol. The van der Waals surface area contributed by atoms with Crippen molar-refractivity contribution in [2.45, 2.75) is 85.0 Å². The number of fused-ring (bicyclic) bond motifs is 2. The van der Waals surface area contributed by atoms with Crippen LogP contribution in [0.25, 0.3) is 0 Å². The van der Waals surface area contributed by atoms with Crippen molar-refractivity contribution >= 4 is 23.1 Å². The molecule has 39 heavy (non-hydrogen) atoms. The third-order valence-electron chi connectivity index (χ3n) is 8.41. The second-order valence-corrected chi connectivity index (χ2v) is 12.1. The molecule has 2 aliphatic heterocycles. The molecule has 206 valence electrons. The van der Waals surface area contributed by atoms with Crippen LogP contribution in [0.1, 0.15) is 82.6 Å². The zero-order chi connectivity index (χ0) is 28.4. The maximum Gasteiger partial charge on any atom is 0.303 e. The fourth-order valence-corrected chi connectivity index (χ4v) is 6.24. The quantitative estimate of drug-likeness (QED) is 0.193.